The molecule has 2 heteroatoms. The topological polar surface area (TPSA) is 17.1 Å². The molecule has 1 unspecified atom stereocenters. The van der Waals surface area contributed by atoms with E-state index in [1.807, 2.05) is 49.0 Å². The van der Waals surface area contributed by atoms with Crippen molar-refractivity contribution in [3.63, 3.8) is 0 Å². The molecule has 1 aromatic carbocycles. The van der Waals surface area contributed by atoms with Crippen molar-refractivity contribution in [3.05, 3.63) is 35.9 Å². The Balaban J connectivity index is 1.80. The van der Waals surface area contributed by atoms with Gasteiger partial charge in [0.2, 0.25) is 0 Å². The van der Waals surface area contributed by atoms with E-state index < -0.39 is 0 Å². The van der Waals surface area contributed by atoms with Gasteiger partial charge in [0, 0.05) is 5.56 Å². The fourth-order valence-electron chi connectivity index (χ4n) is 3.82. The summed E-state index contributed by atoms with van der Waals surface area (Å²) in [6.45, 7) is 4.34. The van der Waals surface area contributed by atoms with E-state index in [1.165, 1.54) is 103 Å². The van der Waals surface area contributed by atoms with Crippen LogP contribution in [-0.2, 0) is 0 Å². The summed E-state index contributed by atoms with van der Waals surface area (Å²) in [7, 11) is 0. The summed E-state index contributed by atoms with van der Waals surface area (Å²) in [6, 6.07) is 9.70. The second kappa shape index (κ2) is 19.2. The Morgan fingerprint density at radius 1 is 0.690 bits per heavy atom. The van der Waals surface area contributed by atoms with Crippen LogP contribution < -0.4 is 0 Å². The Morgan fingerprint density at radius 2 is 1.10 bits per heavy atom. The van der Waals surface area contributed by atoms with Crippen LogP contribution in [0.5, 0.6) is 0 Å². The number of carbonyl (C=O) groups is 1. The van der Waals surface area contributed by atoms with E-state index in [-0.39, 0.29) is 11.0 Å². The molecular formula is C27H46OS. The number of benzene rings is 1. The van der Waals surface area contributed by atoms with E-state index in [4.69, 9.17) is 0 Å². The van der Waals surface area contributed by atoms with Crippen molar-refractivity contribution in [1.82, 2.24) is 0 Å². The number of unbranched alkanes of at least 4 members (excludes halogenated alkanes) is 15. The molecule has 0 aliphatic heterocycles. The van der Waals surface area contributed by atoms with Crippen LogP contribution >= 0.6 is 11.8 Å². The number of Topliss-reactive ketones (excluding diaryl/α,β-unsaturated/α-hetero) is 1. The molecule has 1 aromatic rings. The Morgan fingerprint density at radius 3 is 1.55 bits per heavy atom. The summed E-state index contributed by atoms with van der Waals surface area (Å²) < 4.78 is 0. The van der Waals surface area contributed by atoms with Crippen LogP contribution in [0.4, 0.5) is 0 Å². The Labute approximate surface area is 185 Å². The largest absolute Gasteiger partial charge is 0.293 e. The quantitative estimate of drug-likeness (QED) is 0.155. The van der Waals surface area contributed by atoms with Crippen molar-refractivity contribution >= 4 is 17.5 Å². The van der Waals surface area contributed by atoms with Gasteiger partial charge in [0.1, 0.15) is 0 Å². The fourth-order valence-corrected chi connectivity index (χ4v) is 4.83. The van der Waals surface area contributed by atoms with Gasteiger partial charge < -0.3 is 0 Å². The van der Waals surface area contributed by atoms with Gasteiger partial charge in [-0.1, -0.05) is 134 Å². The number of rotatable bonds is 20. The molecule has 166 valence electrons. The molecule has 0 radical (unpaired) electrons. The fraction of sp³-hybridized carbons (Fsp3) is 0.741. The summed E-state index contributed by atoms with van der Waals surface area (Å²) in [5.74, 6) is 1.38. The van der Waals surface area contributed by atoms with Gasteiger partial charge in [0.25, 0.3) is 0 Å². The summed E-state index contributed by atoms with van der Waals surface area (Å²) >= 11 is 1.82. The van der Waals surface area contributed by atoms with Crippen LogP contribution in [0.15, 0.2) is 30.3 Å². The monoisotopic (exact) mass is 418 g/mol. The zero-order valence-corrected chi connectivity index (χ0v) is 20.1. The lowest BCUT2D eigenvalue weighted by Crippen LogP contribution is -2.13. The molecule has 0 amide bonds. The normalized spacial score (nSPS) is 12.2. The summed E-state index contributed by atoms with van der Waals surface area (Å²) in [4.78, 5) is 12.3. The molecular weight excluding hydrogens is 372 g/mol. The van der Waals surface area contributed by atoms with Crippen LogP contribution in [0.2, 0.25) is 0 Å². The minimum absolute atomic E-state index is 0.0775. The highest BCUT2D eigenvalue weighted by Gasteiger charge is 2.14. The van der Waals surface area contributed by atoms with E-state index in [0.29, 0.717) is 0 Å². The first kappa shape index (κ1) is 26.3. The molecule has 1 nitrogen and oxygen atoms in total. The van der Waals surface area contributed by atoms with Crippen molar-refractivity contribution < 1.29 is 4.79 Å². The highest BCUT2D eigenvalue weighted by Crippen LogP contribution is 2.19. The number of hydrogen-bond donors (Lipinski definition) is 0. The molecule has 0 fully saturated rings. The standard InChI is InChI=1S/C27H46OS/c1-3-4-5-6-7-8-9-10-11-12-13-14-15-16-17-21-24-29-25(2)27(28)26-22-19-18-20-23-26/h18-20,22-23,25H,3-17,21,24H2,1-2H3. The van der Waals surface area contributed by atoms with Crippen LogP contribution in [-0.4, -0.2) is 16.8 Å². The summed E-state index contributed by atoms with van der Waals surface area (Å²) in [5, 5.41) is 0.0775. The van der Waals surface area contributed by atoms with Crippen molar-refractivity contribution in [1.29, 1.82) is 0 Å². The Hall–Kier alpha value is -0.760. The number of ketones is 1. The van der Waals surface area contributed by atoms with Crippen LogP contribution in [0, 0.1) is 0 Å². The molecule has 1 rings (SSSR count). The van der Waals surface area contributed by atoms with Gasteiger partial charge in [0.05, 0.1) is 5.25 Å². The molecule has 0 aliphatic rings. The number of hydrogen-bond acceptors (Lipinski definition) is 2. The predicted molar refractivity (Wildman–Crippen MR) is 132 cm³/mol. The molecule has 0 heterocycles. The Bertz CT molecular complexity index is 485. The first-order valence-corrected chi connectivity index (χ1v) is 13.5. The average Bonchev–Trinajstić information content (AvgIpc) is 2.75. The van der Waals surface area contributed by atoms with Gasteiger partial charge in [-0.2, -0.15) is 11.8 Å². The van der Waals surface area contributed by atoms with Gasteiger partial charge in [-0.15, -0.1) is 0 Å². The van der Waals surface area contributed by atoms with E-state index >= 15 is 0 Å². The SMILES string of the molecule is CCCCCCCCCCCCCCCCCCSC(C)C(=O)c1ccccc1. The maximum atomic E-state index is 12.3. The summed E-state index contributed by atoms with van der Waals surface area (Å²) in [6.07, 6.45) is 22.5. The second-order valence-electron chi connectivity index (χ2n) is 8.55. The molecule has 29 heavy (non-hydrogen) atoms. The molecule has 0 saturated carbocycles. The Kier molecular flexibility index (Phi) is 17.4. The number of carbonyl (C=O) groups excluding carboxylic acids is 1. The van der Waals surface area contributed by atoms with Crippen LogP contribution in [0.25, 0.3) is 0 Å². The lowest BCUT2D eigenvalue weighted by atomic mass is 10.0. The molecule has 0 aromatic heterocycles. The molecule has 0 aliphatic carbocycles. The van der Waals surface area contributed by atoms with Crippen LogP contribution in [0.1, 0.15) is 127 Å². The summed E-state index contributed by atoms with van der Waals surface area (Å²) in [5.41, 5.74) is 0.847. The smallest absolute Gasteiger partial charge is 0.175 e. The third-order valence-electron chi connectivity index (χ3n) is 5.79. The highest BCUT2D eigenvalue weighted by atomic mass is 32.2. The minimum Gasteiger partial charge on any atom is -0.293 e. The van der Waals surface area contributed by atoms with Crippen LogP contribution in [0.3, 0.4) is 0 Å². The molecule has 0 N–H and O–H groups in total. The molecule has 0 bridgehead atoms. The van der Waals surface area contributed by atoms with Crippen molar-refractivity contribution in [2.24, 2.45) is 0 Å². The third-order valence-corrected chi connectivity index (χ3v) is 7.03. The van der Waals surface area contributed by atoms with Crippen molar-refractivity contribution in [2.45, 2.75) is 122 Å². The zero-order valence-electron chi connectivity index (χ0n) is 19.3. The highest BCUT2D eigenvalue weighted by molar-refractivity contribution is 8.00. The van der Waals surface area contributed by atoms with Gasteiger partial charge in [-0.25, -0.2) is 0 Å². The molecule has 0 spiro atoms. The lowest BCUT2D eigenvalue weighted by molar-refractivity contribution is 0.0994. The molecule has 0 saturated heterocycles. The van der Waals surface area contributed by atoms with E-state index in [1.54, 1.807) is 0 Å². The van der Waals surface area contributed by atoms with E-state index in [0.717, 1.165) is 11.3 Å². The lowest BCUT2D eigenvalue weighted by Gasteiger charge is -2.10. The average molecular weight is 419 g/mol. The van der Waals surface area contributed by atoms with Crippen molar-refractivity contribution in [3.8, 4) is 0 Å². The van der Waals surface area contributed by atoms with Crippen molar-refractivity contribution in [2.75, 3.05) is 5.75 Å². The first-order chi connectivity index (χ1) is 14.3. The predicted octanol–water partition coefficient (Wildman–Crippen LogP) is 9.25. The third kappa shape index (κ3) is 14.8. The minimum atomic E-state index is 0.0775. The van der Waals surface area contributed by atoms with E-state index in [9.17, 15) is 4.79 Å². The van der Waals surface area contributed by atoms with Gasteiger partial charge in [-0.3, -0.25) is 4.79 Å². The zero-order chi connectivity index (χ0) is 21.0. The van der Waals surface area contributed by atoms with Gasteiger partial charge in [0.15, 0.2) is 5.78 Å². The van der Waals surface area contributed by atoms with Gasteiger partial charge >= 0.3 is 0 Å². The first-order valence-electron chi connectivity index (χ1n) is 12.5. The second-order valence-corrected chi connectivity index (χ2v) is 10.00. The van der Waals surface area contributed by atoms with E-state index in [2.05, 4.69) is 6.92 Å². The molecule has 1 atom stereocenters. The van der Waals surface area contributed by atoms with Gasteiger partial charge in [-0.05, 0) is 19.1 Å². The maximum Gasteiger partial charge on any atom is 0.175 e. The number of thioether (sulfide) groups is 1. The maximum absolute atomic E-state index is 12.3.